The molecule has 0 aromatic carbocycles. The van der Waals surface area contributed by atoms with E-state index < -0.39 is 0 Å². The minimum Gasteiger partial charge on any atom is -0.340 e. The Kier molecular flexibility index (Phi) is 4.48. The van der Waals surface area contributed by atoms with Crippen molar-refractivity contribution in [2.45, 2.75) is 46.7 Å². The molecule has 1 heterocycles. The zero-order valence-corrected chi connectivity index (χ0v) is 11.0. The lowest BCUT2D eigenvalue weighted by Crippen LogP contribution is -2.44. The average Bonchev–Trinajstić information content (AvgIpc) is 2.65. The molecule has 0 aliphatic carbocycles. The summed E-state index contributed by atoms with van der Waals surface area (Å²) < 4.78 is 4.88. The van der Waals surface area contributed by atoms with Crippen LogP contribution in [0.15, 0.2) is 4.52 Å². The largest absolute Gasteiger partial charge is 0.340 e. The second kappa shape index (κ2) is 5.65. The third kappa shape index (κ3) is 3.44. The van der Waals surface area contributed by atoms with Crippen LogP contribution in [-0.2, 0) is 0 Å². The van der Waals surface area contributed by atoms with Crippen LogP contribution in [0.25, 0.3) is 0 Å². The first-order valence-electron chi connectivity index (χ1n) is 5.83. The highest BCUT2D eigenvalue weighted by atomic mass is 16.5. The average molecular weight is 240 g/mol. The predicted octanol–water partition coefficient (Wildman–Crippen LogP) is 1.88. The Labute approximate surface area is 101 Å². The highest BCUT2D eigenvalue weighted by molar-refractivity contribution is 5.74. The molecule has 0 radical (unpaired) electrons. The Morgan fingerprint density at radius 3 is 2.53 bits per heavy atom. The molecule has 17 heavy (non-hydrogen) atoms. The van der Waals surface area contributed by atoms with E-state index in [-0.39, 0.29) is 18.1 Å². The van der Waals surface area contributed by atoms with Crippen molar-refractivity contribution < 1.29 is 9.32 Å². The van der Waals surface area contributed by atoms with Gasteiger partial charge in [0.25, 0.3) is 0 Å². The van der Waals surface area contributed by atoms with Gasteiger partial charge in [0.2, 0.25) is 5.89 Å². The molecule has 0 unspecified atom stereocenters. The molecule has 1 aromatic rings. The maximum atomic E-state index is 11.9. The molecule has 0 aliphatic heterocycles. The van der Waals surface area contributed by atoms with E-state index in [2.05, 4.69) is 15.5 Å². The van der Waals surface area contributed by atoms with Gasteiger partial charge in [-0.2, -0.15) is 4.98 Å². The molecule has 0 saturated heterocycles. The van der Waals surface area contributed by atoms with E-state index in [1.54, 1.807) is 11.8 Å². The van der Waals surface area contributed by atoms with E-state index in [1.807, 2.05) is 27.7 Å². The van der Waals surface area contributed by atoms with Gasteiger partial charge >= 0.3 is 6.03 Å². The van der Waals surface area contributed by atoms with Gasteiger partial charge in [0, 0.05) is 19.5 Å². The second-order valence-corrected chi connectivity index (χ2v) is 4.22. The summed E-state index contributed by atoms with van der Waals surface area (Å²) in [5.41, 5.74) is 0. The van der Waals surface area contributed by atoms with Crippen molar-refractivity contribution >= 4 is 6.03 Å². The number of urea groups is 1. The standard InChI is InChI=1S/C11H20N4O2/c1-6-15(7(2)3)11(16)12-8(4)10-13-9(5)17-14-10/h7-8H,6H2,1-5H3,(H,12,16)/t8-/m1/s1. The lowest BCUT2D eigenvalue weighted by Gasteiger charge is -2.26. The molecule has 6 heteroatoms. The van der Waals surface area contributed by atoms with Gasteiger partial charge in [-0.15, -0.1) is 0 Å². The highest BCUT2D eigenvalue weighted by Gasteiger charge is 2.19. The van der Waals surface area contributed by atoms with Crippen molar-refractivity contribution in [1.29, 1.82) is 0 Å². The zero-order valence-electron chi connectivity index (χ0n) is 11.0. The van der Waals surface area contributed by atoms with Crippen LogP contribution in [0.2, 0.25) is 0 Å². The van der Waals surface area contributed by atoms with E-state index in [1.165, 1.54) is 0 Å². The summed E-state index contributed by atoms with van der Waals surface area (Å²) in [6.45, 7) is 10.1. The minimum atomic E-state index is -0.257. The van der Waals surface area contributed by atoms with Crippen LogP contribution < -0.4 is 5.32 Å². The SMILES string of the molecule is CCN(C(=O)N[C@H](C)c1noc(C)n1)C(C)C. The van der Waals surface area contributed by atoms with E-state index in [0.717, 1.165) is 0 Å². The maximum absolute atomic E-state index is 11.9. The number of amides is 2. The molecule has 1 aromatic heterocycles. The van der Waals surface area contributed by atoms with Crippen LogP contribution in [0, 0.1) is 6.92 Å². The zero-order chi connectivity index (χ0) is 13.0. The van der Waals surface area contributed by atoms with Gasteiger partial charge in [-0.1, -0.05) is 5.16 Å². The summed E-state index contributed by atoms with van der Waals surface area (Å²) in [5.74, 6) is 0.993. The fraction of sp³-hybridized carbons (Fsp3) is 0.727. The van der Waals surface area contributed by atoms with Crippen molar-refractivity contribution in [2.24, 2.45) is 0 Å². The fourth-order valence-electron chi connectivity index (χ4n) is 1.57. The van der Waals surface area contributed by atoms with Crippen LogP contribution in [0.4, 0.5) is 4.79 Å². The number of carbonyl (C=O) groups is 1. The number of nitrogens with zero attached hydrogens (tertiary/aromatic N) is 3. The Hall–Kier alpha value is -1.59. The van der Waals surface area contributed by atoms with E-state index in [9.17, 15) is 4.79 Å². The smallest absolute Gasteiger partial charge is 0.318 e. The van der Waals surface area contributed by atoms with Crippen molar-refractivity contribution in [3.05, 3.63) is 11.7 Å². The molecule has 1 N–H and O–H groups in total. The normalized spacial score (nSPS) is 12.6. The number of hydrogen-bond acceptors (Lipinski definition) is 4. The first-order valence-corrected chi connectivity index (χ1v) is 5.83. The lowest BCUT2D eigenvalue weighted by molar-refractivity contribution is 0.183. The summed E-state index contributed by atoms with van der Waals surface area (Å²) in [5, 5.41) is 6.62. The van der Waals surface area contributed by atoms with Gasteiger partial charge in [0.1, 0.15) is 0 Å². The van der Waals surface area contributed by atoms with Gasteiger partial charge in [-0.3, -0.25) is 0 Å². The lowest BCUT2D eigenvalue weighted by atomic mass is 10.3. The molecule has 0 spiro atoms. The fourth-order valence-corrected chi connectivity index (χ4v) is 1.57. The van der Waals surface area contributed by atoms with Crippen molar-refractivity contribution in [1.82, 2.24) is 20.4 Å². The summed E-state index contributed by atoms with van der Waals surface area (Å²) in [7, 11) is 0. The minimum absolute atomic E-state index is 0.113. The third-order valence-corrected chi connectivity index (χ3v) is 2.50. The van der Waals surface area contributed by atoms with E-state index >= 15 is 0 Å². The quantitative estimate of drug-likeness (QED) is 0.872. The molecule has 2 amide bonds. The number of rotatable bonds is 4. The Morgan fingerprint density at radius 1 is 1.47 bits per heavy atom. The first kappa shape index (κ1) is 13.5. The summed E-state index contributed by atoms with van der Waals surface area (Å²) in [6.07, 6.45) is 0. The van der Waals surface area contributed by atoms with Crippen LogP contribution in [0.5, 0.6) is 0 Å². The maximum Gasteiger partial charge on any atom is 0.318 e. The molecular formula is C11H20N4O2. The molecule has 0 fully saturated rings. The summed E-state index contributed by atoms with van der Waals surface area (Å²) >= 11 is 0. The first-order chi connectivity index (χ1) is 7.95. The van der Waals surface area contributed by atoms with Crippen molar-refractivity contribution in [3.63, 3.8) is 0 Å². The van der Waals surface area contributed by atoms with Crippen LogP contribution >= 0.6 is 0 Å². The van der Waals surface area contributed by atoms with Crippen LogP contribution in [-0.4, -0.2) is 33.7 Å². The highest BCUT2D eigenvalue weighted by Crippen LogP contribution is 2.09. The van der Waals surface area contributed by atoms with Gasteiger partial charge < -0.3 is 14.7 Å². The van der Waals surface area contributed by atoms with Crippen molar-refractivity contribution in [3.8, 4) is 0 Å². The monoisotopic (exact) mass is 240 g/mol. The topological polar surface area (TPSA) is 71.3 Å². The van der Waals surface area contributed by atoms with Gasteiger partial charge in [-0.05, 0) is 27.7 Å². The molecule has 0 saturated carbocycles. The van der Waals surface area contributed by atoms with E-state index in [0.29, 0.717) is 18.3 Å². The van der Waals surface area contributed by atoms with E-state index in [4.69, 9.17) is 4.52 Å². The Balaban J connectivity index is 2.62. The summed E-state index contributed by atoms with van der Waals surface area (Å²) in [6, 6.07) is -0.204. The number of hydrogen-bond donors (Lipinski definition) is 1. The van der Waals surface area contributed by atoms with Gasteiger partial charge in [-0.25, -0.2) is 4.79 Å². The molecule has 96 valence electrons. The molecule has 1 atom stereocenters. The molecule has 0 aliphatic rings. The number of aromatic nitrogens is 2. The van der Waals surface area contributed by atoms with Gasteiger partial charge in [0.15, 0.2) is 5.82 Å². The van der Waals surface area contributed by atoms with Crippen LogP contribution in [0.1, 0.15) is 45.5 Å². The number of aryl methyl sites for hydroxylation is 1. The molecular weight excluding hydrogens is 220 g/mol. The van der Waals surface area contributed by atoms with Crippen LogP contribution in [0.3, 0.4) is 0 Å². The summed E-state index contributed by atoms with van der Waals surface area (Å²) in [4.78, 5) is 17.8. The Bertz CT molecular complexity index is 375. The molecule has 1 rings (SSSR count). The second-order valence-electron chi connectivity index (χ2n) is 4.22. The molecule has 6 nitrogen and oxygen atoms in total. The predicted molar refractivity (Wildman–Crippen MR) is 63.5 cm³/mol. The number of carbonyl (C=O) groups excluding carboxylic acids is 1. The molecule has 0 bridgehead atoms. The van der Waals surface area contributed by atoms with Gasteiger partial charge in [0.05, 0.1) is 6.04 Å². The van der Waals surface area contributed by atoms with Crippen molar-refractivity contribution in [2.75, 3.05) is 6.54 Å². The Morgan fingerprint density at radius 2 is 2.12 bits per heavy atom. The third-order valence-electron chi connectivity index (χ3n) is 2.50. The number of nitrogens with one attached hydrogen (secondary N) is 1.